The average Bonchev–Trinajstić information content (AvgIpc) is 2.65. The van der Waals surface area contributed by atoms with E-state index in [0.717, 1.165) is 22.8 Å². The van der Waals surface area contributed by atoms with E-state index in [2.05, 4.69) is 5.32 Å². The van der Waals surface area contributed by atoms with Crippen molar-refractivity contribution in [3.05, 3.63) is 53.6 Å². The molecule has 0 saturated heterocycles. The number of hydrogen-bond acceptors (Lipinski definition) is 3. The van der Waals surface area contributed by atoms with Gasteiger partial charge in [-0.2, -0.15) is 0 Å². The summed E-state index contributed by atoms with van der Waals surface area (Å²) in [4.78, 5) is 13.4. The quantitative estimate of drug-likeness (QED) is 0.732. The zero-order chi connectivity index (χ0) is 18.5. The first-order chi connectivity index (χ1) is 12.6. The molecule has 6 heteroatoms. The minimum atomic E-state index is -0.994. The summed E-state index contributed by atoms with van der Waals surface area (Å²) in [5.41, 5.74) is 0.667. The first-order valence-corrected chi connectivity index (χ1v) is 9.56. The Morgan fingerprint density at radius 3 is 2.54 bits per heavy atom. The van der Waals surface area contributed by atoms with Crippen LogP contribution in [0.1, 0.15) is 42.5 Å². The first kappa shape index (κ1) is 18.7. The van der Waals surface area contributed by atoms with E-state index in [-0.39, 0.29) is 11.6 Å². The number of hydrogen-bond donors (Lipinski definition) is 1. The number of thioether (sulfide) groups is 1. The van der Waals surface area contributed by atoms with Gasteiger partial charge in [-0.05, 0) is 43.2 Å². The molecule has 3 rings (SSSR count). The number of rotatable bonds is 5. The van der Waals surface area contributed by atoms with E-state index in [1.165, 1.54) is 38.2 Å². The number of methoxy groups -OCH3 is 1. The van der Waals surface area contributed by atoms with E-state index in [9.17, 15) is 13.6 Å². The lowest BCUT2D eigenvalue weighted by Crippen LogP contribution is -2.13. The zero-order valence-electron chi connectivity index (χ0n) is 14.6. The molecule has 26 heavy (non-hydrogen) atoms. The minimum Gasteiger partial charge on any atom is -0.496 e. The molecule has 0 spiro atoms. The first-order valence-electron chi connectivity index (χ1n) is 8.68. The topological polar surface area (TPSA) is 38.3 Å². The summed E-state index contributed by atoms with van der Waals surface area (Å²) >= 11 is 1.74. The number of benzene rings is 2. The van der Waals surface area contributed by atoms with Crippen LogP contribution >= 0.6 is 11.8 Å². The van der Waals surface area contributed by atoms with Crippen molar-refractivity contribution in [3.63, 3.8) is 0 Å². The lowest BCUT2D eigenvalue weighted by Gasteiger charge is -2.22. The highest BCUT2D eigenvalue weighted by atomic mass is 32.2. The second-order valence-corrected chi connectivity index (χ2v) is 7.67. The Balaban J connectivity index is 1.76. The molecule has 1 N–H and O–H groups in total. The molecule has 1 aliphatic rings. The normalized spacial score (nSPS) is 14.9. The van der Waals surface area contributed by atoms with Crippen LogP contribution in [-0.2, 0) is 0 Å². The Morgan fingerprint density at radius 1 is 1.08 bits per heavy atom. The van der Waals surface area contributed by atoms with E-state index in [0.29, 0.717) is 10.8 Å². The fourth-order valence-corrected chi connectivity index (χ4v) is 4.44. The van der Waals surface area contributed by atoms with Crippen molar-refractivity contribution in [3.8, 4) is 5.75 Å². The van der Waals surface area contributed by atoms with Gasteiger partial charge in [0.2, 0.25) is 0 Å². The Kier molecular flexibility index (Phi) is 6.14. The van der Waals surface area contributed by atoms with Gasteiger partial charge in [0.25, 0.3) is 5.91 Å². The molecule has 138 valence electrons. The smallest absolute Gasteiger partial charge is 0.255 e. The molecule has 0 aromatic heterocycles. The number of carbonyl (C=O) groups excluding carboxylic acids is 1. The van der Waals surface area contributed by atoms with Gasteiger partial charge in [-0.25, -0.2) is 8.78 Å². The summed E-state index contributed by atoms with van der Waals surface area (Å²) in [7, 11) is 1.61. The van der Waals surface area contributed by atoms with Crippen molar-refractivity contribution in [1.29, 1.82) is 0 Å². The van der Waals surface area contributed by atoms with Crippen molar-refractivity contribution in [2.75, 3.05) is 12.4 Å². The third-order valence-corrected chi connectivity index (χ3v) is 5.83. The Bertz CT molecular complexity index is 791. The highest BCUT2D eigenvalue weighted by molar-refractivity contribution is 8.00. The van der Waals surface area contributed by atoms with Crippen LogP contribution in [0.3, 0.4) is 0 Å². The van der Waals surface area contributed by atoms with Crippen molar-refractivity contribution < 1.29 is 18.3 Å². The predicted octanol–water partition coefficient (Wildman–Crippen LogP) is 5.65. The van der Waals surface area contributed by atoms with E-state index >= 15 is 0 Å². The number of anilines is 1. The van der Waals surface area contributed by atoms with Gasteiger partial charge in [0, 0.05) is 22.6 Å². The van der Waals surface area contributed by atoms with Gasteiger partial charge >= 0.3 is 0 Å². The molecule has 0 unspecified atom stereocenters. The highest BCUT2D eigenvalue weighted by Gasteiger charge is 2.18. The van der Waals surface area contributed by atoms with Crippen molar-refractivity contribution in [1.82, 2.24) is 0 Å². The maximum absolute atomic E-state index is 13.3. The number of carbonyl (C=O) groups is 1. The second-order valence-electron chi connectivity index (χ2n) is 6.33. The summed E-state index contributed by atoms with van der Waals surface area (Å²) in [5.74, 6) is -1.57. The maximum atomic E-state index is 13.3. The van der Waals surface area contributed by atoms with Crippen LogP contribution in [0.4, 0.5) is 14.5 Å². The van der Waals surface area contributed by atoms with Crippen LogP contribution in [0.25, 0.3) is 0 Å². The van der Waals surface area contributed by atoms with Crippen LogP contribution < -0.4 is 10.1 Å². The molecular formula is C20H21F2NO2S. The van der Waals surface area contributed by atoms with Gasteiger partial charge in [0.05, 0.1) is 12.0 Å². The summed E-state index contributed by atoms with van der Waals surface area (Å²) in [6.45, 7) is 0. The molecule has 0 radical (unpaired) electrons. The monoisotopic (exact) mass is 377 g/mol. The van der Waals surface area contributed by atoms with Gasteiger partial charge in [0.15, 0.2) is 11.6 Å². The number of nitrogens with one attached hydrogen (secondary N) is 1. The summed E-state index contributed by atoms with van der Waals surface area (Å²) < 4.78 is 31.7. The third-order valence-electron chi connectivity index (χ3n) is 4.45. The molecule has 0 heterocycles. The predicted molar refractivity (Wildman–Crippen MR) is 100 cm³/mol. The number of amides is 1. The molecule has 1 amide bonds. The van der Waals surface area contributed by atoms with Crippen molar-refractivity contribution >= 4 is 23.4 Å². The number of ether oxygens (including phenoxy) is 1. The molecule has 0 atom stereocenters. The van der Waals surface area contributed by atoms with E-state index < -0.39 is 11.6 Å². The van der Waals surface area contributed by atoms with Gasteiger partial charge in [-0.15, -0.1) is 11.8 Å². The largest absolute Gasteiger partial charge is 0.496 e. The van der Waals surface area contributed by atoms with Gasteiger partial charge in [-0.3, -0.25) is 4.79 Å². The van der Waals surface area contributed by atoms with Gasteiger partial charge in [0.1, 0.15) is 5.75 Å². The molecule has 0 aliphatic heterocycles. The zero-order valence-corrected chi connectivity index (χ0v) is 15.4. The molecule has 0 bridgehead atoms. The molecule has 1 saturated carbocycles. The molecule has 1 fully saturated rings. The third kappa shape index (κ3) is 4.55. The SMILES string of the molecule is COc1ccc(C(=O)Nc2ccc(F)c(F)c2)cc1SC1CCCCC1. The van der Waals surface area contributed by atoms with Gasteiger partial charge < -0.3 is 10.1 Å². The second kappa shape index (κ2) is 8.54. The fourth-order valence-electron chi connectivity index (χ4n) is 3.05. The lowest BCUT2D eigenvalue weighted by molar-refractivity contribution is 0.102. The summed E-state index contributed by atoms with van der Waals surface area (Å²) in [6.07, 6.45) is 6.08. The van der Waals surface area contributed by atoms with E-state index in [4.69, 9.17) is 4.74 Å². The Hall–Kier alpha value is -2.08. The van der Waals surface area contributed by atoms with Crippen LogP contribution in [0.5, 0.6) is 5.75 Å². The van der Waals surface area contributed by atoms with E-state index in [1.54, 1.807) is 37.1 Å². The van der Waals surface area contributed by atoms with Crippen LogP contribution in [-0.4, -0.2) is 18.3 Å². The number of halogens is 2. The molecule has 3 nitrogen and oxygen atoms in total. The Labute approximate surface area is 156 Å². The molecule has 2 aromatic rings. The molecular weight excluding hydrogens is 356 g/mol. The minimum absolute atomic E-state index is 0.214. The van der Waals surface area contributed by atoms with Crippen molar-refractivity contribution in [2.45, 2.75) is 42.2 Å². The standard InChI is InChI=1S/C20H21F2NO2S/c1-25-18-10-7-13(11-19(18)26-15-5-3-2-4-6-15)20(24)23-14-8-9-16(21)17(22)12-14/h7-12,15H,2-6H2,1H3,(H,23,24). The van der Waals surface area contributed by atoms with Crippen molar-refractivity contribution in [2.24, 2.45) is 0 Å². The average molecular weight is 377 g/mol. The van der Waals surface area contributed by atoms with Crippen LogP contribution in [0, 0.1) is 11.6 Å². The van der Waals surface area contributed by atoms with E-state index in [1.807, 2.05) is 0 Å². The summed E-state index contributed by atoms with van der Waals surface area (Å²) in [6, 6.07) is 8.52. The Morgan fingerprint density at radius 2 is 1.85 bits per heavy atom. The van der Waals surface area contributed by atoms with Crippen LogP contribution in [0.2, 0.25) is 0 Å². The maximum Gasteiger partial charge on any atom is 0.255 e. The van der Waals surface area contributed by atoms with Crippen LogP contribution in [0.15, 0.2) is 41.3 Å². The van der Waals surface area contributed by atoms with Gasteiger partial charge in [-0.1, -0.05) is 19.3 Å². The molecule has 1 aliphatic carbocycles. The highest BCUT2D eigenvalue weighted by Crippen LogP contribution is 2.38. The molecule has 2 aromatic carbocycles. The summed E-state index contributed by atoms with van der Waals surface area (Å²) in [5, 5.41) is 3.13. The fraction of sp³-hybridized carbons (Fsp3) is 0.350. The lowest BCUT2D eigenvalue weighted by atomic mass is 10.0.